The number of benzene rings is 1. The lowest BCUT2D eigenvalue weighted by atomic mass is 9.85. The van der Waals surface area contributed by atoms with Crippen LogP contribution in [0.5, 0.6) is 17.2 Å². The van der Waals surface area contributed by atoms with Crippen molar-refractivity contribution in [3.63, 3.8) is 0 Å². The monoisotopic (exact) mass is 306 g/mol. The number of methoxy groups -OCH3 is 1. The van der Waals surface area contributed by atoms with Gasteiger partial charge in [0, 0.05) is 0 Å². The van der Waals surface area contributed by atoms with E-state index < -0.39 is 0 Å². The molecule has 0 saturated heterocycles. The average molecular weight is 306 g/mol. The van der Waals surface area contributed by atoms with Gasteiger partial charge in [-0.3, -0.25) is 0 Å². The normalized spacial score (nSPS) is 15.6. The molecule has 1 aliphatic rings. The molecule has 0 aliphatic carbocycles. The molecule has 2 rings (SSSR count). The summed E-state index contributed by atoms with van der Waals surface area (Å²) in [6.07, 6.45) is 7.68. The van der Waals surface area contributed by atoms with Gasteiger partial charge in [-0.25, -0.2) is 0 Å². The van der Waals surface area contributed by atoms with E-state index in [9.17, 15) is 0 Å². The third-order valence-electron chi connectivity index (χ3n) is 4.63. The number of ether oxygens (including phenoxy) is 3. The zero-order valence-corrected chi connectivity index (χ0v) is 14.5. The molecule has 1 heterocycles. The van der Waals surface area contributed by atoms with E-state index in [0.717, 1.165) is 29.6 Å². The van der Waals surface area contributed by atoms with Crippen LogP contribution >= 0.6 is 0 Å². The molecule has 0 saturated carbocycles. The molecule has 0 bridgehead atoms. The van der Waals surface area contributed by atoms with Crippen LogP contribution in [0.4, 0.5) is 0 Å². The van der Waals surface area contributed by atoms with Crippen molar-refractivity contribution < 1.29 is 14.2 Å². The first-order valence-corrected chi connectivity index (χ1v) is 8.67. The van der Waals surface area contributed by atoms with E-state index in [1.165, 1.54) is 37.7 Å². The first-order chi connectivity index (χ1) is 10.7. The number of rotatable bonds is 9. The predicted molar refractivity (Wildman–Crippen MR) is 90.1 cm³/mol. The number of fused-ring (bicyclic) bond motifs is 1. The standard InChI is InChI=1S/C19H30O3/c1-5-7-8-9-14(3)10-15(6-2)16-11-17(20-4)19-18(12-16)21-13-22-19/h11-12,14-15H,5-10,13H2,1-4H3. The van der Waals surface area contributed by atoms with Crippen LogP contribution in [0, 0.1) is 5.92 Å². The van der Waals surface area contributed by atoms with E-state index in [4.69, 9.17) is 14.2 Å². The number of hydrogen-bond acceptors (Lipinski definition) is 3. The van der Waals surface area contributed by atoms with Crippen molar-refractivity contribution in [3.05, 3.63) is 17.7 Å². The van der Waals surface area contributed by atoms with Crippen molar-refractivity contribution >= 4 is 0 Å². The second kappa shape index (κ2) is 8.30. The van der Waals surface area contributed by atoms with Crippen LogP contribution in [-0.4, -0.2) is 13.9 Å². The fourth-order valence-electron chi connectivity index (χ4n) is 3.27. The van der Waals surface area contributed by atoms with Gasteiger partial charge in [-0.1, -0.05) is 46.5 Å². The summed E-state index contributed by atoms with van der Waals surface area (Å²) in [5.74, 6) is 3.68. The average Bonchev–Trinajstić information content (AvgIpc) is 3.00. The van der Waals surface area contributed by atoms with E-state index in [1.807, 2.05) is 0 Å². The van der Waals surface area contributed by atoms with Crippen LogP contribution in [0.25, 0.3) is 0 Å². The van der Waals surface area contributed by atoms with Crippen LogP contribution in [0.1, 0.15) is 70.8 Å². The summed E-state index contributed by atoms with van der Waals surface area (Å²) in [4.78, 5) is 0. The van der Waals surface area contributed by atoms with E-state index in [0.29, 0.717) is 12.7 Å². The molecule has 0 radical (unpaired) electrons. The molecule has 22 heavy (non-hydrogen) atoms. The van der Waals surface area contributed by atoms with Gasteiger partial charge in [-0.15, -0.1) is 0 Å². The molecule has 0 amide bonds. The van der Waals surface area contributed by atoms with Crippen molar-refractivity contribution in [1.29, 1.82) is 0 Å². The Bertz CT molecular complexity index is 470. The Morgan fingerprint density at radius 3 is 2.68 bits per heavy atom. The molecule has 1 aromatic carbocycles. The van der Waals surface area contributed by atoms with E-state index in [-0.39, 0.29) is 0 Å². The zero-order chi connectivity index (χ0) is 15.9. The third kappa shape index (κ3) is 4.08. The Morgan fingerprint density at radius 1 is 1.18 bits per heavy atom. The summed E-state index contributed by atoms with van der Waals surface area (Å²) >= 11 is 0. The maximum atomic E-state index is 5.56. The molecule has 2 unspecified atom stereocenters. The van der Waals surface area contributed by atoms with Gasteiger partial charge in [0.05, 0.1) is 7.11 Å². The maximum absolute atomic E-state index is 5.56. The van der Waals surface area contributed by atoms with Crippen LogP contribution in [0.3, 0.4) is 0 Å². The van der Waals surface area contributed by atoms with Crippen LogP contribution in [-0.2, 0) is 0 Å². The second-order valence-electron chi connectivity index (χ2n) is 6.40. The molecule has 0 spiro atoms. The smallest absolute Gasteiger partial charge is 0.231 e. The highest BCUT2D eigenvalue weighted by Crippen LogP contribution is 2.44. The van der Waals surface area contributed by atoms with Gasteiger partial charge < -0.3 is 14.2 Å². The van der Waals surface area contributed by atoms with Gasteiger partial charge >= 0.3 is 0 Å². The predicted octanol–water partition coefficient (Wildman–Crippen LogP) is 5.52. The topological polar surface area (TPSA) is 27.7 Å². The second-order valence-corrected chi connectivity index (χ2v) is 6.40. The van der Waals surface area contributed by atoms with Gasteiger partial charge in [0.15, 0.2) is 11.5 Å². The van der Waals surface area contributed by atoms with Crippen molar-refractivity contribution in [2.24, 2.45) is 5.92 Å². The molecule has 2 atom stereocenters. The summed E-state index contributed by atoms with van der Waals surface area (Å²) in [5, 5.41) is 0. The molecular formula is C19H30O3. The van der Waals surface area contributed by atoms with E-state index >= 15 is 0 Å². The Kier molecular flexibility index (Phi) is 6.41. The van der Waals surface area contributed by atoms with Gasteiger partial charge in [0.2, 0.25) is 12.5 Å². The molecule has 0 fully saturated rings. The quantitative estimate of drug-likeness (QED) is 0.562. The summed E-state index contributed by atoms with van der Waals surface area (Å²) < 4.78 is 16.5. The zero-order valence-electron chi connectivity index (χ0n) is 14.5. The summed E-state index contributed by atoms with van der Waals surface area (Å²) in [6.45, 7) is 7.20. The van der Waals surface area contributed by atoms with Gasteiger partial charge in [-0.05, 0) is 42.4 Å². The van der Waals surface area contributed by atoms with Crippen molar-refractivity contribution in [3.8, 4) is 17.2 Å². The minimum atomic E-state index is 0.291. The highest BCUT2D eigenvalue weighted by Gasteiger charge is 2.23. The van der Waals surface area contributed by atoms with E-state index in [2.05, 4.69) is 32.9 Å². The lowest BCUT2D eigenvalue weighted by molar-refractivity contribution is 0.171. The first-order valence-electron chi connectivity index (χ1n) is 8.67. The molecule has 3 heteroatoms. The Balaban J connectivity index is 2.07. The first kappa shape index (κ1) is 17.0. The molecule has 0 N–H and O–H groups in total. The summed E-state index contributed by atoms with van der Waals surface area (Å²) in [6, 6.07) is 4.26. The Labute approximate surface area is 135 Å². The molecular weight excluding hydrogens is 276 g/mol. The van der Waals surface area contributed by atoms with Crippen LogP contribution in [0.2, 0.25) is 0 Å². The van der Waals surface area contributed by atoms with Crippen LogP contribution in [0.15, 0.2) is 12.1 Å². The molecule has 124 valence electrons. The minimum absolute atomic E-state index is 0.291. The highest BCUT2D eigenvalue weighted by atomic mass is 16.7. The number of hydrogen-bond donors (Lipinski definition) is 0. The van der Waals surface area contributed by atoms with E-state index in [1.54, 1.807) is 7.11 Å². The Hall–Kier alpha value is -1.38. The van der Waals surface area contributed by atoms with Crippen molar-refractivity contribution in [2.45, 2.75) is 65.2 Å². The van der Waals surface area contributed by atoms with Crippen LogP contribution < -0.4 is 14.2 Å². The largest absolute Gasteiger partial charge is 0.493 e. The fraction of sp³-hybridized carbons (Fsp3) is 0.684. The Morgan fingerprint density at radius 2 is 2.00 bits per heavy atom. The fourth-order valence-corrected chi connectivity index (χ4v) is 3.27. The van der Waals surface area contributed by atoms with Gasteiger partial charge in [-0.2, -0.15) is 0 Å². The SMILES string of the molecule is CCCCCC(C)CC(CC)c1cc(OC)c2c(c1)OCO2. The van der Waals surface area contributed by atoms with Gasteiger partial charge in [0.25, 0.3) is 0 Å². The molecule has 3 nitrogen and oxygen atoms in total. The lowest BCUT2D eigenvalue weighted by Gasteiger charge is -2.21. The van der Waals surface area contributed by atoms with Crippen molar-refractivity contribution in [2.75, 3.05) is 13.9 Å². The summed E-state index contributed by atoms with van der Waals surface area (Å²) in [5.41, 5.74) is 1.31. The molecule has 1 aliphatic heterocycles. The highest BCUT2D eigenvalue weighted by molar-refractivity contribution is 5.55. The molecule has 1 aromatic rings. The maximum Gasteiger partial charge on any atom is 0.231 e. The lowest BCUT2D eigenvalue weighted by Crippen LogP contribution is -2.05. The summed E-state index contributed by atoms with van der Waals surface area (Å²) in [7, 11) is 1.69. The third-order valence-corrected chi connectivity index (χ3v) is 4.63. The molecule has 0 aromatic heterocycles. The van der Waals surface area contributed by atoms with Gasteiger partial charge in [0.1, 0.15) is 0 Å². The van der Waals surface area contributed by atoms with Crippen molar-refractivity contribution in [1.82, 2.24) is 0 Å². The number of unbranched alkanes of at least 4 members (excludes halogenated alkanes) is 2. The minimum Gasteiger partial charge on any atom is -0.493 e.